The summed E-state index contributed by atoms with van der Waals surface area (Å²) >= 11 is 8.91. The van der Waals surface area contributed by atoms with Gasteiger partial charge in [-0.3, -0.25) is 9.36 Å². The molecule has 2 aromatic heterocycles. The number of fused-ring (bicyclic) bond motifs is 1. The normalized spacial score (nSPS) is 10.3. The molecule has 2 aromatic rings. The Morgan fingerprint density at radius 2 is 2.31 bits per heavy atom. The molecule has 16 heavy (non-hydrogen) atoms. The highest BCUT2D eigenvalue weighted by molar-refractivity contribution is 9.10. The molecule has 2 rings (SSSR count). The van der Waals surface area contributed by atoms with Crippen molar-refractivity contribution >= 4 is 38.4 Å². The SMILES string of the molecule is N#CCn1c(=O)c(Br)cc2cnc(Cl)cc21. The Hall–Kier alpha value is -1.38. The first-order chi connectivity index (χ1) is 7.63. The van der Waals surface area contributed by atoms with Crippen LogP contribution >= 0.6 is 27.5 Å². The second-order valence-electron chi connectivity index (χ2n) is 3.11. The van der Waals surface area contributed by atoms with Crippen LogP contribution in [0.1, 0.15) is 0 Å². The number of aromatic nitrogens is 2. The lowest BCUT2D eigenvalue weighted by Gasteiger charge is -2.07. The summed E-state index contributed by atoms with van der Waals surface area (Å²) in [5.74, 6) is 0. The molecule has 0 fully saturated rings. The average Bonchev–Trinajstić information content (AvgIpc) is 2.26. The zero-order valence-corrected chi connectivity index (χ0v) is 10.3. The molecule has 0 aliphatic rings. The molecule has 0 aromatic carbocycles. The third kappa shape index (κ3) is 1.82. The molecule has 0 radical (unpaired) electrons. The minimum Gasteiger partial charge on any atom is -0.293 e. The fraction of sp³-hybridized carbons (Fsp3) is 0.100. The van der Waals surface area contributed by atoms with Crippen LogP contribution in [0.15, 0.2) is 27.6 Å². The number of nitriles is 1. The Morgan fingerprint density at radius 1 is 1.56 bits per heavy atom. The summed E-state index contributed by atoms with van der Waals surface area (Å²) in [6.45, 7) is -0.0187. The monoisotopic (exact) mass is 297 g/mol. The lowest BCUT2D eigenvalue weighted by atomic mass is 10.2. The summed E-state index contributed by atoms with van der Waals surface area (Å²) in [7, 11) is 0. The van der Waals surface area contributed by atoms with Crippen LogP contribution < -0.4 is 5.56 Å². The molecule has 0 unspecified atom stereocenters. The van der Waals surface area contributed by atoms with Gasteiger partial charge in [-0.2, -0.15) is 5.26 Å². The molecule has 6 heteroatoms. The maximum Gasteiger partial charge on any atom is 0.266 e. The Labute approximate surface area is 104 Å². The van der Waals surface area contributed by atoms with Crippen molar-refractivity contribution in [3.05, 3.63) is 38.3 Å². The highest BCUT2D eigenvalue weighted by Gasteiger charge is 2.07. The number of nitrogens with zero attached hydrogens (tertiary/aromatic N) is 3. The van der Waals surface area contributed by atoms with E-state index in [1.165, 1.54) is 4.57 Å². The summed E-state index contributed by atoms with van der Waals surface area (Å²) in [5, 5.41) is 9.74. The van der Waals surface area contributed by atoms with E-state index in [-0.39, 0.29) is 12.1 Å². The lowest BCUT2D eigenvalue weighted by molar-refractivity contribution is 0.821. The molecule has 2 heterocycles. The van der Waals surface area contributed by atoms with Crippen molar-refractivity contribution in [1.29, 1.82) is 5.26 Å². The van der Waals surface area contributed by atoms with Gasteiger partial charge in [0, 0.05) is 11.6 Å². The van der Waals surface area contributed by atoms with Crippen molar-refractivity contribution in [2.75, 3.05) is 0 Å². The van der Waals surface area contributed by atoms with Gasteiger partial charge in [0.15, 0.2) is 0 Å². The summed E-state index contributed by atoms with van der Waals surface area (Å²) in [5.41, 5.74) is 0.353. The van der Waals surface area contributed by atoms with Crippen LogP contribution in [-0.4, -0.2) is 9.55 Å². The Kier molecular flexibility index (Phi) is 2.95. The van der Waals surface area contributed by atoms with E-state index in [0.717, 1.165) is 5.39 Å². The van der Waals surface area contributed by atoms with Gasteiger partial charge >= 0.3 is 0 Å². The molecule has 0 amide bonds. The van der Waals surface area contributed by atoms with Crippen LogP contribution in [0.25, 0.3) is 10.9 Å². The second-order valence-corrected chi connectivity index (χ2v) is 4.35. The molecular formula is C10H5BrClN3O. The van der Waals surface area contributed by atoms with E-state index >= 15 is 0 Å². The summed E-state index contributed by atoms with van der Waals surface area (Å²) < 4.78 is 1.76. The quantitative estimate of drug-likeness (QED) is 0.759. The van der Waals surface area contributed by atoms with Gasteiger partial charge in [-0.1, -0.05) is 11.6 Å². The molecular weight excluding hydrogens is 293 g/mol. The molecule has 0 N–H and O–H groups in total. The van der Waals surface area contributed by atoms with Gasteiger partial charge in [0.2, 0.25) is 0 Å². The summed E-state index contributed by atoms with van der Waals surface area (Å²) in [6, 6.07) is 5.18. The third-order valence-corrected chi connectivity index (χ3v) is 2.90. The van der Waals surface area contributed by atoms with Crippen molar-refractivity contribution in [1.82, 2.24) is 9.55 Å². The van der Waals surface area contributed by atoms with E-state index < -0.39 is 0 Å². The van der Waals surface area contributed by atoms with E-state index in [1.807, 2.05) is 6.07 Å². The zero-order chi connectivity index (χ0) is 11.7. The third-order valence-electron chi connectivity index (χ3n) is 2.13. The fourth-order valence-electron chi connectivity index (χ4n) is 1.44. The molecule has 0 spiro atoms. The van der Waals surface area contributed by atoms with Crippen LogP contribution in [0.5, 0.6) is 0 Å². The van der Waals surface area contributed by atoms with Gasteiger partial charge in [-0.05, 0) is 28.1 Å². The number of pyridine rings is 2. The number of rotatable bonds is 1. The maximum absolute atomic E-state index is 11.8. The first kappa shape index (κ1) is 11.1. The highest BCUT2D eigenvalue weighted by atomic mass is 79.9. The molecule has 0 aliphatic heterocycles. The fourth-order valence-corrected chi connectivity index (χ4v) is 2.05. The maximum atomic E-state index is 11.8. The minimum absolute atomic E-state index is 0.0187. The minimum atomic E-state index is -0.253. The molecule has 0 atom stereocenters. The van der Waals surface area contributed by atoms with Gasteiger partial charge in [0.1, 0.15) is 11.7 Å². The predicted molar refractivity (Wildman–Crippen MR) is 64.3 cm³/mol. The number of halogens is 2. The Balaban J connectivity index is 2.92. The molecule has 0 bridgehead atoms. The molecule has 0 saturated carbocycles. The second kappa shape index (κ2) is 4.24. The van der Waals surface area contributed by atoms with Gasteiger partial charge in [0.25, 0.3) is 5.56 Å². The summed E-state index contributed by atoms with van der Waals surface area (Å²) in [4.78, 5) is 15.7. The van der Waals surface area contributed by atoms with Crippen molar-refractivity contribution in [3.63, 3.8) is 0 Å². The van der Waals surface area contributed by atoms with Crippen molar-refractivity contribution in [2.24, 2.45) is 0 Å². The van der Waals surface area contributed by atoms with E-state index in [4.69, 9.17) is 16.9 Å². The van der Waals surface area contributed by atoms with Crippen molar-refractivity contribution in [3.8, 4) is 6.07 Å². The highest BCUT2D eigenvalue weighted by Crippen LogP contribution is 2.18. The molecule has 4 nitrogen and oxygen atoms in total. The standard InChI is InChI=1S/C10H5BrClN3O/c11-7-3-6-5-14-9(12)4-8(6)15(2-1-13)10(7)16/h3-5H,2H2. The van der Waals surface area contributed by atoms with Crippen LogP contribution in [0.4, 0.5) is 0 Å². The summed E-state index contributed by atoms with van der Waals surface area (Å²) in [6.07, 6.45) is 1.57. The van der Waals surface area contributed by atoms with Gasteiger partial charge in [-0.15, -0.1) is 0 Å². The number of hydrogen-bond donors (Lipinski definition) is 0. The largest absolute Gasteiger partial charge is 0.293 e. The van der Waals surface area contributed by atoms with Crippen molar-refractivity contribution in [2.45, 2.75) is 6.54 Å². The van der Waals surface area contributed by atoms with E-state index in [9.17, 15) is 4.79 Å². The van der Waals surface area contributed by atoms with E-state index in [2.05, 4.69) is 20.9 Å². The number of hydrogen-bond acceptors (Lipinski definition) is 3. The topological polar surface area (TPSA) is 58.7 Å². The lowest BCUT2D eigenvalue weighted by Crippen LogP contribution is -2.20. The zero-order valence-electron chi connectivity index (χ0n) is 7.94. The molecule has 80 valence electrons. The Morgan fingerprint density at radius 3 is 3.00 bits per heavy atom. The first-order valence-corrected chi connectivity index (χ1v) is 5.52. The molecule has 0 aliphatic carbocycles. The molecule has 0 saturated heterocycles. The van der Waals surface area contributed by atoms with Crippen LogP contribution in [0.3, 0.4) is 0 Å². The predicted octanol–water partition coefficient (Wildman–Crippen LogP) is 2.34. The van der Waals surface area contributed by atoms with Crippen LogP contribution in [0, 0.1) is 11.3 Å². The van der Waals surface area contributed by atoms with Crippen LogP contribution in [0.2, 0.25) is 5.15 Å². The van der Waals surface area contributed by atoms with Crippen LogP contribution in [-0.2, 0) is 6.54 Å². The Bertz CT molecular complexity index is 659. The van der Waals surface area contributed by atoms with E-state index in [0.29, 0.717) is 15.1 Å². The van der Waals surface area contributed by atoms with Gasteiger partial charge in [0.05, 0.1) is 16.1 Å². The first-order valence-electron chi connectivity index (χ1n) is 4.35. The average molecular weight is 299 g/mol. The van der Waals surface area contributed by atoms with Gasteiger partial charge < -0.3 is 0 Å². The van der Waals surface area contributed by atoms with Gasteiger partial charge in [-0.25, -0.2) is 4.98 Å². The smallest absolute Gasteiger partial charge is 0.266 e. The van der Waals surface area contributed by atoms with Crippen molar-refractivity contribution < 1.29 is 0 Å². The van der Waals surface area contributed by atoms with E-state index in [1.54, 1.807) is 18.3 Å².